The number of alkyl halides is 5. The first kappa shape index (κ1) is 14.4. The second-order valence-electron chi connectivity index (χ2n) is 3.10. The van der Waals surface area contributed by atoms with Crippen molar-refractivity contribution >= 4 is 0 Å². The summed E-state index contributed by atoms with van der Waals surface area (Å²) in [6.45, 7) is -0.396. The fraction of sp³-hybridized carbons (Fsp3) is 0.444. The van der Waals surface area contributed by atoms with Crippen LogP contribution in [0.5, 0.6) is 11.8 Å². The SMILES string of the molecule is COc1cc(CN)c(C(F)F)c(OC(F)(F)F)n1. The van der Waals surface area contributed by atoms with Gasteiger partial charge in [-0.15, -0.1) is 13.2 Å². The van der Waals surface area contributed by atoms with Crippen LogP contribution in [0.2, 0.25) is 0 Å². The number of hydrogen-bond acceptors (Lipinski definition) is 4. The molecule has 0 aliphatic carbocycles. The van der Waals surface area contributed by atoms with Crippen molar-refractivity contribution in [3.05, 3.63) is 17.2 Å². The van der Waals surface area contributed by atoms with Crippen LogP contribution in [-0.4, -0.2) is 18.5 Å². The van der Waals surface area contributed by atoms with E-state index in [1.54, 1.807) is 0 Å². The average molecular weight is 272 g/mol. The number of rotatable bonds is 4. The number of halogens is 5. The minimum absolute atomic E-state index is 0.226. The smallest absolute Gasteiger partial charge is 0.481 e. The maximum atomic E-state index is 12.7. The minimum Gasteiger partial charge on any atom is -0.481 e. The normalized spacial score (nSPS) is 11.8. The predicted octanol–water partition coefficient (Wildman–Crippen LogP) is 2.39. The maximum Gasteiger partial charge on any atom is 0.574 e. The first-order valence-electron chi connectivity index (χ1n) is 4.60. The highest BCUT2D eigenvalue weighted by Crippen LogP contribution is 2.35. The molecule has 0 aliphatic rings. The van der Waals surface area contributed by atoms with E-state index < -0.39 is 30.8 Å². The van der Waals surface area contributed by atoms with Crippen LogP contribution in [0, 0.1) is 0 Å². The Morgan fingerprint density at radius 3 is 2.39 bits per heavy atom. The van der Waals surface area contributed by atoms with Gasteiger partial charge in [-0.2, -0.15) is 4.98 Å². The molecule has 0 atom stereocenters. The van der Waals surface area contributed by atoms with Gasteiger partial charge >= 0.3 is 6.36 Å². The van der Waals surface area contributed by atoms with Crippen LogP contribution in [0.3, 0.4) is 0 Å². The average Bonchev–Trinajstić information content (AvgIpc) is 2.25. The fourth-order valence-corrected chi connectivity index (χ4v) is 1.25. The summed E-state index contributed by atoms with van der Waals surface area (Å²) in [4.78, 5) is 3.21. The van der Waals surface area contributed by atoms with Crippen LogP contribution in [0.4, 0.5) is 22.0 Å². The van der Waals surface area contributed by atoms with Gasteiger partial charge in [0.1, 0.15) is 0 Å². The molecular formula is C9H9F5N2O2. The molecule has 0 aliphatic heterocycles. The Hall–Kier alpha value is -1.64. The van der Waals surface area contributed by atoms with E-state index in [-0.39, 0.29) is 11.4 Å². The molecule has 0 unspecified atom stereocenters. The summed E-state index contributed by atoms with van der Waals surface area (Å²) < 4.78 is 69.7. The van der Waals surface area contributed by atoms with Crippen molar-refractivity contribution in [3.63, 3.8) is 0 Å². The molecule has 0 bridgehead atoms. The quantitative estimate of drug-likeness (QED) is 0.855. The van der Waals surface area contributed by atoms with Gasteiger partial charge in [0.05, 0.1) is 12.7 Å². The van der Waals surface area contributed by atoms with Crippen LogP contribution < -0.4 is 15.2 Å². The highest BCUT2D eigenvalue weighted by molar-refractivity contribution is 5.40. The number of pyridine rings is 1. The summed E-state index contributed by atoms with van der Waals surface area (Å²) >= 11 is 0. The molecular weight excluding hydrogens is 263 g/mol. The molecule has 18 heavy (non-hydrogen) atoms. The van der Waals surface area contributed by atoms with Crippen LogP contribution in [0.15, 0.2) is 6.07 Å². The first-order valence-corrected chi connectivity index (χ1v) is 4.60. The molecule has 4 nitrogen and oxygen atoms in total. The lowest BCUT2D eigenvalue weighted by atomic mass is 10.1. The Balaban J connectivity index is 3.34. The monoisotopic (exact) mass is 272 g/mol. The highest BCUT2D eigenvalue weighted by atomic mass is 19.4. The molecule has 102 valence electrons. The van der Waals surface area contributed by atoms with Crippen molar-refractivity contribution in [2.24, 2.45) is 5.73 Å². The molecule has 0 radical (unpaired) electrons. The zero-order chi connectivity index (χ0) is 13.9. The molecule has 0 amide bonds. The molecule has 0 saturated heterocycles. The van der Waals surface area contributed by atoms with Crippen molar-refractivity contribution in [1.29, 1.82) is 0 Å². The van der Waals surface area contributed by atoms with Gasteiger partial charge in [0.2, 0.25) is 11.8 Å². The Labute approximate surface area is 98.5 Å². The number of nitrogens with two attached hydrogens (primary N) is 1. The molecule has 0 fully saturated rings. The second kappa shape index (κ2) is 5.34. The molecule has 0 aromatic carbocycles. The summed E-state index contributed by atoms with van der Waals surface area (Å²) in [5.41, 5.74) is 3.98. The van der Waals surface area contributed by atoms with Crippen LogP contribution in [-0.2, 0) is 6.54 Å². The van der Waals surface area contributed by atoms with Gasteiger partial charge in [0.15, 0.2) is 0 Å². The van der Waals surface area contributed by atoms with E-state index in [9.17, 15) is 22.0 Å². The molecule has 0 spiro atoms. The number of nitrogens with zero attached hydrogens (tertiary/aromatic N) is 1. The lowest BCUT2D eigenvalue weighted by molar-refractivity contribution is -0.276. The summed E-state index contributed by atoms with van der Waals surface area (Å²) in [5, 5.41) is 0. The molecule has 0 saturated carbocycles. The summed E-state index contributed by atoms with van der Waals surface area (Å²) in [7, 11) is 1.13. The maximum absolute atomic E-state index is 12.7. The van der Waals surface area contributed by atoms with E-state index in [2.05, 4.69) is 14.5 Å². The summed E-state index contributed by atoms with van der Waals surface area (Å²) in [5.74, 6) is -1.55. The lowest BCUT2D eigenvalue weighted by Gasteiger charge is -2.15. The Bertz CT molecular complexity index is 422. The van der Waals surface area contributed by atoms with Crippen molar-refractivity contribution in [2.45, 2.75) is 19.3 Å². The minimum atomic E-state index is -5.13. The second-order valence-corrected chi connectivity index (χ2v) is 3.10. The lowest BCUT2D eigenvalue weighted by Crippen LogP contribution is -2.20. The van der Waals surface area contributed by atoms with Crippen molar-refractivity contribution in [1.82, 2.24) is 4.98 Å². The van der Waals surface area contributed by atoms with E-state index in [0.29, 0.717) is 0 Å². The molecule has 1 aromatic rings. The Morgan fingerprint density at radius 2 is 2.00 bits per heavy atom. The number of hydrogen-bond donors (Lipinski definition) is 1. The zero-order valence-corrected chi connectivity index (χ0v) is 9.09. The van der Waals surface area contributed by atoms with Gasteiger partial charge in [-0.3, -0.25) is 0 Å². The third-order valence-corrected chi connectivity index (χ3v) is 1.95. The molecule has 2 N–H and O–H groups in total. The van der Waals surface area contributed by atoms with E-state index in [4.69, 9.17) is 5.73 Å². The highest BCUT2D eigenvalue weighted by Gasteiger charge is 2.35. The van der Waals surface area contributed by atoms with E-state index in [0.717, 1.165) is 13.2 Å². The van der Waals surface area contributed by atoms with Crippen LogP contribution >= 0.6 is 0 Å². The largest absolute Gasteiger partial charge is 0.574 e. The first-order chi connectivity index (χ1) is 8.28. The van der Waals surface area contributed by atoms with Gasteiger partial charge < -0.3 is 15.2 Å². The van der Waals surface area contributed by atoms with Gasteiger partial charge in [-0.25, -0.2) is 8.78 Å². The predicted molar refractivity (Wildman–Crippen MR) is 50.3 cm³/mol. The Kier molecular flexibility index (Phi) is 4.28. The van der Waals surface area contributed by atoms with Gasteiger partial charge in [-0.1, -0.05) is 0 Å². The third-order valence-electron chi connectivity index (χ3n) is 1.95. The molecule has 1 heterocycles. The zero-order valence-electron chi connectivity index (χ0n) is 9.09. The summed E-state index contributed by atoms with van der Waals surface area (Å²) in [6.07, 6.45) is -8.33. The van der Waals surface area contributed by atoms with Crippen LogP contribution in [0.25, 0.3) is 0 Å². The van der Waals surface area contributed by atoms with Crippen molar-refractivity contribution in [2.75, 3.05) is 7.11 Å². The standard InChI is InChI=1S/C9H9F5N2O2/c1-17-5-2-4(3-15)6(7(10)11)8(16-5)18-9(12,13)14/h2,7H,3,15H2,1H3. The summed E-state index contributed by atoms with van der Waals surface area (Å²) in [6, 6.07) is 1.03. The third kappa shape index (κ3) is 3.42. The van der Waals surface area contributed by atoms with Crippen LogP contribution in [0.1, 0.15) is 17.6 Å². The molecule has 9 heteroatoms. The van der Waals surface area contributed by atoms with E-state index in [1.165, 1.54) is 0 Å². The van der Waals surface area contributed by atoms with Gasteiger partial charge in [0.25, 0.3) is 6.43 Å². The number of methoxy groups -OCH3 is 1. The topological polar surface area (TPSA) is 57.4 Å². The number of ether oxygens (including phenoxy) is 2. The molecule has 1 aromatic heterocycles. The van der Waals surface area contributed by atoms with Gasteiger partial charge in [0, 0.05) is 12.6 Å². The Morgan fingerprint density at radius 1 is 1.39 bits per heavy atom. The van der Waals surface area contributed by atoms with Gasteiger partial charge in [-0.05, 0) is 5.56 Å². The van der Waals surface area contributed by atoms with Crippen molar-refractivity contribution < 1.29 is 31.4 Å². The molecule has 1 rings (SSSR count). The van der Waals surface area contributed by atoms with E-state index in [1.807, 2.05) is 0 Å². The number of aromatic nitrogens is 1. The fourth-order valence-electron chi connectivity index (χ4n) is 1.25. The van der Waals surface area contributed by atoms with Crippen molar-refractivity contribution in [3.8, 4) is 11.8 Å². The van der Waals surface area contributed by atoms with E-state index >= 15 is 0 Å².